The molecule has 3 aromatic rings. The molecular weight excluding hydrogens is 469 g/mol. The Hall–Kier alpha value is -3.31. The largest absolute Gasteiger partial charge is 0.416 e. The lowest BCUT2D eigenvalue weighted by Crippen LogP contribution is -2.43. The first-order valence-electron chi connectivity index (χ1n) is 10.1. The molecular formula is C23H23F3N4O3S. The smallest absolute Gasteiger partial charge is 0.380 e. The van der Waals surface area contributed by atoms with Crippen LogP contribution in [0.2, 0.25) is 0 Å². The molecule has 11 heteroatoms. The number of ether oxygens (including phenoxy) is 1. The molecule has 180 valence electrons. The number of aromatic nitrogens is 2. The SMILES string of the molecule is COCc1cccc(C(=O)Nc2cnn3c2C(=O)N(c2ccc(C(F)(F)F)cc2)C[C@@H]3C)c1.S. The lowest BCUT2D eigenvalue weighted by molar-refractivity contribution is -0.137. The predicted molar refractivity (Wildman–Crippen MR) is 126 cm³/mol. The number of carbonyl (C=O) groups is 2. The summed E-state index contributed by atoms with van der Waals surface area (Å²) in [5.41, 5.74) is 1.13. The van der Waals surface area contributed by atoms with Gasteiger partial charge in [-0.3, -0.25) is 14.3 Å². The van der Waals surface area contributed by atoms with Crippen molar-refractivity contribution in [3.8, 4) is 0 Å². The van der Waals surface area contributed by atoms with Gasteiger partial charge in [0.2, 0.25) is 0 Å². The van der Waals surface area contributed by atoms with Crippen LogP contribution in [0.4, 0.5) is 24.5 Å². The summed E-state index contributed by atoms with van der Waals surface area (Å²) in [6, 6.07) is 11.0. The van der Waals surface area contributed by atoms with Crippen molar-refractivity contribution in [1.29, 1.82) is 0 Å². The first-order valence-corrected chi connectivity index (χ1v) is 10.1. The third kappa shape index (κ3) is 4.95. The van der Waals surface area contributed by atoms with Gasteiger partial charge in [-0.1, -0.05) is 12.1 Å². The average molecular weight is 493 g/mol. The fourth-order valence-electron chi connectivity index (χ4n) is 3.77. The Morgan fingerprint density at radius 3 is 2.56 bits per heavy atom. The third-order valence-electron chi connectivity index (χ3n) is 5.36. The Labute approximate surface area is 201 Å². The van der Waals surface area contributed by atoms with E-state index in [1.165, 1.54) is 27.9 Å². The zero-order valence-corrected chi connectivity index (χ0v) is 19.4. The standard InChI is InChI=1S/C23H21F3N4O3.H2S/c1-14-12-29(18-8-6-17(7-9-18)23(24,25)26)22(32)20-19(11-27-30(14)20)28-21(31)16-5-3-4-15(10-16)13-33-2;/h3-11,14H,12-13H2,1-2H3,(H,28,31);1H2/t14-;/m0./s1. The molecule has 0 fully saturated rings. The topological polar surface area (TPSA) is 76.5 Å². The first-order chi connectivity index (χ1) is 15.7. The van der Waals surface area contributed by atoms with Crippen LogP contribution in [0.25, 0.3) is 0 Å². The minimum absolute atomic E-state index is 0. The van der Waals surface area contributed by atoms with Gasteiger partial charge in [-0.15, -0.1) is 0 Å². The molecule has 0 saturated carbocycles. The van der Waals surface area contributed by atoms with Crippen LogP contribution in [0, 0.1) is 0 Å². The zero-order valence-electron chi connectivity index (χ0n) is 18.4. The number of halogens is 3. The molecule has 0 saturated heterocycles. The Morgan fingerprint density at radius 2 is 1.91 bits per heavy atom. The number of hydrogen-bond donors (Lipinski definition) is 1. The van der Waals surface area contributed by atoms with E-state index in [4.69, 9.17) is 4.74 Å². The van der Waals surface area contributed by atoms with E-state index in [1.54, 1.807) is 25.3 Å². The second kappa shape index (κ2) is 9.90. The normalized spacial score (nSPS) is 15.5. The Bertz CT molecular complexity index is 1190. The molecule has 0 aliphatic carbocycles. The van der Waals surface area contributed by atoms with Crippen LogP contribution < -0.4 is 10.2 Å². The maximum absolute atomic E-state index is 13.3. The molecule has 2 amide bonds. The number of rotatable bonds is 5. The molecule has 34 heavy (non-hydrogen) atoms. The number of alkyl halides is 3. The summed E-state index contributed by atoms with van der Waals surface area (Å²) in [7, 11) is 1.56. The Balaban J connectivity index is 0.00000324. The van der Waals surface area contributed by atoms with Crippen LogP contribution in [-0.2, 0) is 17.5 Å². The van der Waals surface area contributed by atoms with E-state index in [1.807, 2.05) is 13.0 Å². The van der Waals surface area contributed by atoms with Crippen molar-refractivity contribution in [3.05, 3.63) is 77.1 Å². The van der Waals surface area contributed by atoms with Gasteiger partial charge < -0.3 is 15.0 Å². The average Bonchev–Trinajstić information content (AvgIpc) is 3.21. The lowest BCUT2D eigenvalue weighted by atomic mass is 10.1. The van der Waals surface area contributed by atoms with Crippen LogP contribution >= 0.6 is 13.5 Å². The summed E-state index contributed by atoms with van der Waals surface area (Å²) in [4.78, 5) is 27.4. The van der Waals surface area contributed by atoms with Gasteiger partial charge in [-0.05, 0) is 48.9 Å². The number of carbonyl (C=O) groups excluding carboxylic acids is 2. The number of benzene rings is 2. The molecule has 0 spiro atoms. The van der Waals surface area contributed by atoms with Crippen molar-refractivity contribution < 1.29 is 27.5 Å². The molecule has 2 heterocycles. The van der Waals surface area contributed by atoms with Crippen LogP contribution in [0.5, 0.6) is 0 Å². The van der Waals surface area contributed by atoms with Gasteiger partial charge >= 0.3 is 6.18 Å². The summed E-state index contributed by atoms with van der Waals surface area (Å²) < 4.78 is 45.3. The molecule has 1 aliphatic rings. The lowest BCUT2D eigenvalue weighted by Gasteiger charge is -2.32. The number of nitrogens with one attached hydrogen (secondary N) is 1. The van der Waals surface area contributed by atoms with Crippen LogP contribution in [0.1, 0.15) is 44.9 Å². The highest BCUT2D eigenvalue weighted by Crippen LogP contribution is 2.33. The number of hydrogen-bond acceptors (Lipinski definition) is 4. The maximum Gasteiger partial charge on any atom is 0.416 e. The van der Waals surface area contributed by atoms with E-state index in [2.05, 4.69) is 10.4 Å². The summed E-state index contributed by atoms with van der Waals surface area (Å²) in [6.45, 7) is 2.41. The molecule has 4 rings (SSSR count). The van der Waals surface area contributed by atoms with E-state index in [-0.39, 0.29) is 37.5 Å². The summed E-state index contributed by atoms with van der Waals surface area (Å²) in [6.07, 6.45) is -3.06. The first kappa shape index (κ1) is 25.3. The van der Waals surface area contributed by atoms with E-state index in [0.717, 1.165) is 17.7 Å². The second-order valence-corrected chi connectivity index (χ2v) is 7.75. The molecule has 1 aliphatic heterocycles. The quantitative estimate of drug-likeness (QED) is 0.563. The van der Waals surface area contributed by atoms with E-state index in [9.17, 15) is 22.8 Å². The fourth-order valence-corrected chi connectivity index (χ4v) is 3.77. The summed E-state index contributed by atoms with van der Waals surface area (Å²) >= 11 is 0. The minimum Gasteiger partial charge on any atom is -0.380 e. The molecule has 0 radical (unpaired) electrons. The number of methoxy groups -OCH3 is 1. The van der Waals surface area contributed by atoms with Crippen molar-refractivity contribution in [2.45, 2.75) is 25.7 Å². The van der Waals surface area contributed by atoms with Gasteiger partial charge in [0.1, 0.15) is 0 Å². The van der Waals surface area contributed by atoms with E-state index < -0.39 is 23.6 Å². The molecule has 2 aromatic carbocycles. The Morgan fingerprint density at radius 1 is 1.21 bits per heavy atom. The van der Waals surface area contributed by atoms with Gasteiger partial charge in [-0.2, -0.15) is 31.8 Å². The van der Waals surface area contributed by atoms with E-state index in [0.29, 0.717) is 17.9 Å². The highest BCUT2D eigenvalue weighted by Gasteiger charge is 2.35. The number of anilines is 2. The molecule has 1 aromatic heterocycles. The van der Waals surface area contributed by atoms with Crippen LogP contribution in [-0.4, -0.2) is 35.2 Å². The van der Waals surface area contributed by atoms with Crippen molar-refractivity contribution in [2.75, 3.05) is 23.9 Å². The molecule has 1 N–H and O–H groups in total. The number of nitrogens with zero attached hydrogens (tertiary/aromatic N) is 3. The van der Waals surface area contributed by atoms with E-state index >= 15 is 0 Å². The van der Waals surface area contributed by atoms with Crippen LogP contribution in [0.3, 0.4) is 0 Å². The fraction of sp³-hybridized carbons (Fsp3) is 0.261. The monoisotopic (exact) mass is 492 g/mol. The predicted octanol–water partition coefficient (Wildman–Crippen LogP) is 4.63. The zero-order chi connectivity index (χ0) is 23.8. The van der Waals surface area contributed by atoms with Crippen molar-refractivity contribution >= 4 is 36.7 Å². The highest BCUT2D eigenvalue weighted by molar-refractivity contribution is 7.59. The Kier molecular flexibility index (Phi) is 7.37. The second-order valence-electron chi connectivity index (χ2n) is 7.75. The van der Waals surface area contributed by atoms with Crippen molar-refractivity contribution in [3.63, 3.8) is 0 Å². The van der Waals surface area contributed by atoms with Gasteiger partial charge in [0.25, 0.3) is 11.8 Å². The molecule has 0 bridgehead atoms. The number of amides is 2. The molecule has 7 nitrogen and oxygen atoms in total. The minimum atomic E-state index is -4.46. The van der Waals surface area contributed by atoms with Gasteiger partial charge in [-0.25, -0.2) is 0 Å². The maximum atomic E-state index is 13.3. The van der Waals surface area contributed by atoms with Gasteiger partial charge in [0.05, 0.1) is 30.1 Å². The summed E-state index contributed by atoms with van der Waals surface area (Å²) in [5.74, 6) is -0.885. The van der Waals surface area contributed by atoms with Crippen molar-refractivity contribution in [2.24, 2.45) is 0 Å². The van der Waals surface area contributed by atoms with Crippen molar-refractivity contribution in [1.82, 2.24) is 9.78 Å². The number of fused-ring (bicyclic) bond motifs is 1. The highest BCUT2D eigenvalue weighted by atomic mass is 32.1. The third-order valence-corrected chi connectivity index (χ3v) is 5.36. The molecule has 0 unspecified atom stereocenters. The van der Waals surface area contributed by atoms with Gasteiger partial charge in [0, 0.05) is 24.9 Å². The molecule has 1 atom stereocenters. The van der Waals surface area contributed by atoms with Crippen LogP contribution in [0.15, 0.2) is 54.7 Å². The van der Waals surface area contributed by atoms with Gasteiger partial charge in [0.15, 0.2) is 5.69 Å². The summed E-state index contributed by atoms with van der Waals surface area (Å²) in [5, 5.41) is 6.97.